The van der Waals surface area contributed by atoms with E-state index in [-0.39, 0.29) is 69.3 Å². The third-order valence-corrected chi connectivity index (χ3v) is 15.9. The second kappa shape index (κ2) is 14.7. The first-order valence-electron chi connectivity index (χ1n) is 28.6. The second-order valence-electron chi connectivity index (χ2n) is 25.9. The fourth-order valence-corrected chi connectivity index (χ4v) is 10.7. The Hall–Kier alpha value is -6.26. The summed E-state index contributed by atoms with van der Waals surface area (Å²) in [5.74, 6) is -0.269. The molecule has 0 saturated carbocycles. The van der Waals surface area contributed by atoms with Crippen molar-refractivity contribution in [3.05, 3.63) is 167 Å². The second-order valence-corrected chi connectivity index (χ2v) is 25.9. The van der Waals surface area contributed by atoms with Crippen LogP contribution in [-0.2, 0) is 32.9 Å². The van der Waals surface area contributed by atoms with Crippen molar-refractivity contribution in [3.63, 3.8) is 0 Å². The van der Waals surface area contributed by atoms with Gasteiger partial charge in [0, 0.05) is 34.3 Å². The van der Waals surface area contributed by atoms with Gasteiger partial charge in [0.1, 0.15) is 18.2 Å². The van der Waals surface area contributed by atoms with Crippen LogP contribution in [0, 0.1) is 5.41 Å². The molecule has 3 aliphatic heterocycles. The zero-order valence-electron chi connectivity index (χ0n) is 51.4. The van der Waals surface area contributed by atoms with Crippen molar-refractivity contribution in [2.75, 3.05) is 0 Å². The van der Waals surface area contributed by atoms with E-state index in [9.17, 15) is 9.60 Å². The smallest absolute Gasteiger partial charge is 0.392 e. The van der Waals surface area contributed by atoms with Gasteiger partial charge in [0.15, 0.2) is 23.0 Å². The molecule has 1 atom stereocenters. The van der Waals surface area contributed by atoms with E-state index >= 15 is 0 Å². The average molecular weight is 931 g/mol. The van der Waals surface area contributed by atoms with Crippen LogP contribution in [0.25, 0.3) is 72.7 Å². The largest absolute Gasteiger partial charge is 0.499 e. The van der Waals surface area contributed by atoms with Crippen molar-refractivity contribution in [2.24, 2.45) is 5.41 Å². The van der Waals surface area contributed by atoms with E-state index in [4.69, 9.17) is 4.74 Å². The van der Waals surface area contributed by atoms with Gasteiger partial charge in [-0.1, -0.05) is 190 Å². The molecule has 3 aliphatic rings. The summed E-state index contributed by atoms with van der Waals surface area (Å²) in [6, 6.07) is 31.2. The maximum absolute atomic E-state index is 10.5. The minimum Gasteiger partial charge on any atom is -0.392 e. The number of ether oxygens (including phenoxy) is 1. The van der Waals surface area contributed by atoms with Gasteiger partial charge in [-0.2, -0.15) is 4.57 Å². The molecule has 0 saturated heterocycles. The van der Waals surface area contributed by atoms with Gasteiger partial charge in [-0.25, -0.2) is 0 Å². The Morgan fingerprint density at radius 3 is 1.76 bits per heavy atom. The highest BCUT2D eigenvalue weighted by molar-refractivity contribution is 5.98. The van der Waals surface area contributed by atoms with Gasteiger partial charge in [0.2, 0.25) is 5.69 Å². The standard InChI is InChI=1S/C66H73N3O/c1-60(2,3)43-28-26-40(27-29-43)42-32-33-67-55(34-42)50-37-45(61(4,5)6)36-49-47-24-21-25-54-57(47)69-59(51-38-46(62(7,8)9)39-52(63(10,11)12)58(51)70-66(67,69)56(49)50)68(54)53-31-30-44(65(16,17)64(13,14)15)35-48(53)41-22-19-18-20-23-41/h18-39H,1-17H3/q+2/i26D,27D,28D,29D,32D,33D,34D. The van der Waals surface area contributed by atoms with Gasteiger partial charge in [0.05, 0.1) is 13.8 Å². The van der Waals surface area contributed by atoms with Gasteiger partial charge in [0.25, 0.3) is 0 Å². The third kappa shape index (κ3) is 6.60. The highest BCUT2D eigenvalue weighted by Gasteiger charge is 2.69. The molecule has 356 valence electrons. The lowest BCUT2D eigenvalue weighted by Gasteiger charge is -2.39. The minimum atomic E-state index is -1.73. The molecule has 11 rings (SSSR count). The molecule has 8 aromatic rings. The molecule has 0 N–H and O–H groups in total. The van der Waals surface area contributed by atoms with Crippen molar-refractivity contribution < 1.29 is 23.5 Å². The lowest BCUT2D eigenvalue weighted by molar-refractivity contribution is -0.997. The number of pyridine rings is 1. The third-order valence-electron chi connectivity index (χ3n) is 15.9. The van der Waals surface area contributed by atoms with Crippen molar-refractivity contribution in [1.82, 2.24) is 4.57 Å². The number of benzene rings is 6. The molecule has 0 amide bonds. The van der Waals surface area contributed by atoms with Crippen LogP contribution >= 0.6 is 0 Å². The van der Waals surface area contributed by atoms with Crippen molar-refractivity contribution in [2.45, 2.75) is 151 Å². The molecule has 2 aromatic heterocycles. The maximum atomic E-state index is 10.5. The number of para-hydroxylation sites is 1. The van der Waals surface area contributed by atoms with Crippen LogP contribution < -0.4 is 13.9 Å². The van der Waals surface area contributed by atoms with E-state index in [2.05, 4.69) is 197 Å². The van der Waals surface area contributed by atoms with Crippen LogP contribution in [0.2, 0.25) is 0 Å². The summed E-state index contributed by atoms with van der Waals surface area (Å²) in [6.45, 7) is 36.9. The van der Waals surface area contributed by atoms with E-state index in [1.165, 1.54) is 5.56 Å². The number of hydrogen-bond donors (Lipinski definition) is 0. The summed E-state index contributed by atoms with van der Waals surface area (Å²) in [7, 11) is 0. The first kappa shape index (κ1) is 38.5. The Balaban J connectivity index is 1.39. The van der Waals surface area contributed by atoms with Crippen molar-refractivity contribution in [1.29, 1.82) is 0 Å². The molecular weight excluding hydrogens is 851 g/mol. The van der Waals surface area contributed by atoms with Crippen molar-refractivity contribution in [3.8, 4) is 67.5 Å². The molecule has 4 nitrogen and oxygen atoms in total. The number of fused-ring (bicyclic) bond motifs is 5. The first-order chi connectivity index (χ1) is 35.6. The predicted molar refractivity (Wildman–Crippen MR) is 291 cm³/mol. The quantitative estimate of drug-likeness (QED) is 0.161. The highest BCUT2D eigenvalue weighted by atomic mass is 16.5. The fourth-order valence-electron chi connectivity index (χ4n) is 10.7. The minimum absolute atomic E-state index is 0.0717. The van der Waals surface area contributed by atoms with Gasteiger partial charge in [-0.05, 0) is 114 Å². The lowest BCUT2D eigenvalue weighted by Crippen LogP contribution is -2.78. The molecule has 1 spiro atoms. The summed E-state index contributed by atoms with van der Waals surface area (Å²) in [5.41, 5.74) is 11.4. The molecule has 0 fully saturated rings. The lowest BCUT2D eigenvalue weighted by atomic mass is 9.65. The number of rotatable bonds is 4. The summed E-state index contributed by atoms with van der Waals surface area (Å²) >= 11 is 0. The Morgan fingerprint density at radius 2 is 1.13 bits per heavy atom. The molecule has 5 heterocycles. The summed E-state index contributed by atoms with van der Waals surface area (Å²) < 4.78 is 83.3. The van der Waals surface area contributed by atoms with E-state index in [1.54, 1.807) is 4.57 Å². The molecule has 6 aromatic carbocycles. The number of aromatic nitrogens is 3. The fraction of sp³-hybridized carbons (Fsp3) is 0.364. The van der Waals surface area contributed by atoms with Gasteiger partial charge in [-0.3, -0.25) is 0 Å². The number of imidazole rings is 1. The molecule has 1 unspecified atom stereocenters. The number of nitrogens with zero attached hydrogens (tertiary/aromatic N) is 3. The SMILES string of the molecule is [2H]c1c([2H])c(C(C)(C)C)c([2H])c([2H])c1-c1c([2H])c([2H])[n+]2c(c1[2H])-c1cc(C(C)(C)C)cc3c1C21Oc2c(cc(C(C)(C)C)cc2C(C)(C)C)-c2n(-c4ccc(C(C)(C)C(C)(C)C)cc4-c4ccccc4)c4cccc-3c4[n+]21. The summed E-state index contributed by atoms with van der Waals surface area (Å²) in [4.78, 5) is 0. The normalized spacial score (nSPS) is 17.6. The molecular formula is C66H73N3O+2. The van der Waals surface area contributed by atoms with Crippen LogP contribution in [0.4, 0.5) is 0 Å². The van der Waals surface area contributed by atoms with Crippen LogP contribution in [0.3, 0.4) is 0 Å². The van der Waals surface area contributed by atoms with Crippen LogP contribution in [0.5, 0.6) is 5.75 Å². The maximum Gasteiger partial charge on any atom is 0.499 e. The van der Waals surface area contributed by atoms with Crippen molar-refractivity contribution >= 4 is 11.0 Å². The van der Waals surface area contributed by atoms with E-state index < -0.39 is 28.1 Å². The summed E-state index contributed by atoms with van der Waals surface area (Å²) in [6.07, 6.45) is -0.285. The first-order valence-corrected chi connectivity index (χ1v) is 25.1. The Bertz CT molecular complexity index is 3880. The van der Waals surface area contributed by atoms with E-state index in [0.717, 1.165) is 72.6 Å². The van der Waals surface area contributed by atoms with Gasteiger partial charge >= 0.3 is 11.7 Å². The molecule has 0 aliphatic carbocycles. The predicted octanol–water partition coefficient (Wildman–Crippen LogP) is 16.3. The summed E-state index contributed by atoms with van der Waals surface area (Å²) in [5, 5.41) is 0. The Morgan fingerprint density at radius 1 is 0.514 bits per heavy atom. The highest BCUT2D eigenvalue weighted by Crippen LogP contribution is 2.57. The molecule has 70 heavy (non-hydrogen) atoms. The van der Waals surface area contributed by atoms with Crippen LogP contribution in [-0.4, -0.2) is 4.57 Å². The molecule has 0 radical (unpaired) electrons. The van der Waals surface area contributed by atoms with E-state index in [1.807, 2.05) is 20.8 Å². The van der Waals surface area contributed by atoms with Crippen LogP contribution in [0.1, 0.15) is 161 Å². The van der Waals surface area contributed by atoms with Crippen LogP contribution in [0.15, 0.2) is 133 Å². The number of hydrogen-bond acceptors (Lipinski definition) is 1. The van der Waals surface area contributed by atoms with Gasteiger partial charge < -0.3 is 4.74 Å². The Labute approximate surface area is 427 Å². The molecule has 4 heteroatoms. The average Bonchev–Trinajstić information content (AvgIpc) is 3.87. The zero-order chi connectivity index (χ0) is 56.1. The monoisotopic (exact) mass is 931 g/mol. The molecule has 0 bridgehead atoms. The van der Waals surface area contributed by atoms with Gasteiger partial charge in [-0.15, -0.1) is 9.13 Å². The topological polar surface area (TPSA) is 21.9 Å². The zero-order valence-corrected chi connectivity index (χ0v) is 44.4. The Kier molecular flexibility index (Phi) is 8.06. The van der Waals surface area contributed by atoms with E-state index in [0.29, 0.717) is 17.0 Å².